The fourth-order valence-corrected chi connectivity index (χ4v) is 2.42. The number of nitrogens with zero attached hydrogens (tertiary/aromatic N) is 2. The minimum Gasteiger partial charge on any atom is -0.410 e. The Labute approximate surface area is 134 Å². The maximum atomic E-state index is 12.2. The molecule has 23 heavy (non-hydrogen) atoms. The zero-order valence-electron chi connectivity index (χ0n) is 13.2. The van der Waals surface area contributed by atoms with Gasteiger partial charge in [0, 0.05) is 29.1 Å². The van der Waals surface area contributed by atoms with Crippen molar-refractivity contribution in [2.75, 3.05) is 0 Å². The second-order valence-electron chi connectivity index (χ2n) is 5.82. The molecule has 6 heteroatoms. The lowest BCUT2D eigenvalue weighted by atomic mass is 10.0. The van der Waals surface area contributed by atoms with Crippen LogP contribution in [0.4, 0.5) is 0 Å². The lowest BCUT2D eigenvalue weighted by Gasteiger charge is -2.16. The number of carbonyl (C=O) groups is 1. The number of amides is 1. The van der Waals surface area contributed by atoms with Gasteiger partial charge in [-0.2, -0.15) is 5.26 Å². The van der Waals surface area contributed by atoms with Gasteiger partial charge in [0.2, 0.25) is 5.91 Å². The summed E-state index contributed by atoms with van der Waals surface area (Å²) in [5.41, 5.74) is 1.44. The summed E-state index contributed by atoms with van der Waals surface area (Å²) in [6.45, 7) is 4.08. The summed E-state index contributed by atoms with van der Waals surface area (Å²) in [6.07, 6.45) is 2.84. The number of aromatic nitrogens is 1. The average Bonchev–Trinajstić information content (AvgIpc) is 2.97. The van der Waals surface area contributed by atoms with Gasteiger partial charge >= 0.3 is 0 Å². The van der Waals surface area contributed by atoms with Crippen molar-refractivity contribution in [1.82, 2.24) is 10.3 Å². The number of aromatic amines is 1. The monoisotopic (exact) mass is 312 g/mol. The molecule has 6 nitrogen and oxygen atoms in total. The lowest BCUT2D eigenvalue weighted by molar-refractivity contribution is -0.121. The smallest absolute Gasteiger partial charge is 0.220 e. The summed E-state index contributed by atoms with van der Waals surface area (Å²) >= 11 is 0. The predicted molar refractivity (Wildman–Crippen MR) is 88.1 cm³/mol. The average molecular weight is 312 g/mol. The SMILES string of the molecule is CC(C)CCC(=O)NC(C(C#N)=NO)c1c[nH]c2ccccc12. The molecule has 1 atom stereocenters. The van der Waals surface area contributed by atoms with Crippen LogP contribution in [-0.2, 0) is 4.79 Å². The third-order valence-electron chi connectivity index (χ3n) is 3.68. The van der Waals surface area contributed by atoms with Gasteiger partial charge in [-0.15, -0.1) is 0 Å². The summed E-state index contributed by atoms with van der Waals surface area (Å²) in [4.78, 5) is 15.3. The molecule has 1 amide bonds. The standard InChI is InChI=1S/C17H20N4O2/c1-11(2)7-8-16(22)20-17(15(9-18)21-23)13-10-19-14-6-4-3-5-12(13)14/h3-6,10-11,17,19,23H,7-8H2,1-2H3,(H,20,22). The van der Waals surface area contributed by atoms with Crippen LogP contribution in [0.2, 0.25) is 0 Å². The molecule has 2 rings (SSSR count). The maximum Gasteiger partial charge on any atom is 0.220 e. The molecule has 1 aromatic heterocycles. The number of hydrogen-bond acceptors (Lipinski definition) is 4. The van der Waals surface area contributed by atoms with E-state index < -0.39 is 6.04 Å². The molecular formula is C17H20N4O2. The van der Waals surface area contributed by atoms with Gasteiger partial charge in [0.05, 0.1) is 0 Å². The van der Waals surface area contributed by atoms with Crippen LogP contribution in [0.5, 0.6) is 0 Å². The van der Waals surface area contributed by atoms with Crippen molar-refractivity contribution in [2.45, 2.75) is 32.7 Å². The summed E-state index contributed by atoms with van der Waals surface area (Å²) < 4.78 is 0. The van der Waals surface area contributed by atoms with E-state index in [-0.39, 0.29) is 11.6 Å². The summed E-state index contributed by atoms with van der Waals surface area (Å²) in [6, 6.07) is 8.63. The van der Waals surface area contributed by atoms with Gasteiger partial charge in [-0.3, -0.25) is 4.79 Å². The van der Waals surface area contributed by atoms with Crippen LogP contribution in [-0.4, -0.2) is 21.8 Å². The number of para-hydroxylation sites is 1. The molecule has 0 fully saturated rings. The third-order valence-corrected chi connectivity index (χ3v) is 3.68. The van der Waals surface area contributed by atoms with E-state index in [1.165, 1.54) is 0 Å². The molecular weight excluding hydrogens is 292 g/mol. The number of fused-ring (bicyclic) bond motifs is 1. The molecule has 1 heterocycles. The van der Waals surface area contributed by atoms with Crippen LogP contribution in [0.1, 0.15) is 38.3 Å². The van der Waals surface area contributed by atoms with E-state index in [9.17, 15) is 10.1 Å². The van der Waals surface area contributed by atoms with Crippen molar-refractivity contribution < 1.29 is 10.0 Å². The van der Waals surface area contributed by atoms with Crippen molar-refractivity contribution in [3.8, 4) is 6.07 Å². The fraction of sp³-hybridized carbons (Fsp3) is 0.353. The highest BCUT2D eigenvalue weighted by Gasteiger charge is 2.24. The normalized spacial score (nSPS) is 13.0. The second-order valence-corrected chi connectivity index (χ2v) is 5.82. The van der Waals surface area contributed by atoms with Crippen molar-refractivity contribution in [3.63, 3.8) is 0 Å². The lowest BCUT2D eigenvalue weighted by Crippen LogP contribution is -2.33. The topological polar surface area (TPSA) is 101 Å². The Kier molecular flexibility index (Phi) is 5.36. The number of H-pyrrole nitrogens is 1. The molecule has 1 aromatic carbocycles. The molecule has 2 aromatic rings. The number of carbonyl (C=O) groups excluding carboxylic acids is 1. The van der Waals surface area contributed by atoms with Crippen molar-refractivity contribution in [1.29, 1.82) is 5.26 Å². The van der Waals surface area contributed by atoms with Gasteiger partial charge in [0.15, 0.2) is 5.71 Å². The molecule has 1 unspecified atom stereocenters. The van der Waals surface area contributed by atoms with Gasteiger partial charge in [-0.25, -0.2) is 0 Å². The molecule has 3 N–H and O–H groups in total. The number of oxime groups is 1. The molecule has 0 spiro atoms. The number of nitriles is 1. The van der Waals surface area contributed by atoms with Gasteiger partial charge < -0.3 is 15.5 Å². The van der Waals surface area contributed by atoms with Crippen molar-refractivity contribution in [2.24, 2.45) is 11.1 Å². The number of hydrogen-bond donors (Lipinski definition) is 3. The Bertz CT molecular complexity index is 755. The maximum absolute atomic E-state index is 12.2. The van der Waals surface area contributed by atoms with Gasteiger partial charge in [0.25, 0.3) is 0 Å². The van der Waals surface area contributed by atoms with Crippen molar-refractivity contribution in [3.05, 3.63) is 36.0 Å². The first kappa shape index (κ1) is 16.6. The predicted octanol–water partition coefficient (Wildman–Crippen LogP) is 3.12. The quantitative estimate of drug-likeness (QED) is 0.434. The molecule has 0 radical (unpaired) electrons. The first-order valence-corrected chi connectivity index (χ1v) is 7.54. The molecule has 0 bridgehead atoms. The Balaban J connectivity index is 2.32. The highest BCUT2D eigenvalue weighted by Crippen LogP contribution is 2.25. The van der Waals surface area contributed by atoms with Crippen LogP contribution in [0, 0.1) is 17.2 Å². The summed E-state index contributed by atoms with van der Waals surface area (Å²) in [7, 11) is 0. The first-order valence-electron chi connectivity index (χ1n) is 7.54. The largest absolute Gasteiger partial charge is 0.410 e. The van der Waals surface area contributed by atoms with Crippen LogP contribution in [0.3, 0.4) is 0 Å². The number of benzene rings is 1. The minimum atomic E-state index is -0.777. The molecule has 0 saturated heterocycles. The zero-order valence-corrected chi connectivity index (χ0v) is 13.2. The Morgan fingerprint density at radius 2 is 2.17 bits per heavy atom. The summed E-state index contributed by atoms with van der Waals surface area (Å²) in [5, 5.41) is 25.0. The second kappa shape index (κ2) is 7.45. The molecule has 0 aliphatic carbocycles. The van der Waals surface area contributed by atoms with Crippen LogP contribution in [0.15, 0.2) is 35.6 Å². The van der Waals surface area contributed by atoms with Gasteiger partial charge in [-0.1, -0.05) is 37.2 Å². The van der Waals surface area contributed by atoms with Crippen molar-refractivity contribution >= 4 is 22.5 Å². The Hall–Kier alpha value is -2.81. The molecule has 0 saturated carbocycles. The number of nitrogens with one attached hydrogen (secondary N) is 2. The fourth-order valence-electron chi connectivity index (χ4n) is 2.42. The minimum absolute atomic E-state index is 0.146. The van der Waals surface area contributed by atoms with E-state index in [4.69, 9.17) is 5.21 Å². The number of rotatable bonds is 6. The van der Waals surface area contributed by atoms with E-state index in [0.717, 1.165) is 17.3 Å². The van der Waals surface area contributed by atoms with E-state index >= 15 is 0 Å². The van der Waals surface area contributed by atoms with Crippen LogP contribution in [0.25, 0.3) is 10.9 Å². The van der Waals surface area contributed by atoms with E-state index in [0.29, 0.717) is 17.9 Å². The van der Waals surface area contributed by atoms with E-state index in [1.807, 2.05) is 44.2 Å². The third kappa shape index (κ3) is 3.89. The molecule has 120 valence electrons. The Morgan fingerprint density at radius 1 is 1.43 bits per heavy atom. The van der Waals surface area contributed by atoms with E-state index in [1.54, 1.807) is 6.20 Å². The highest BCUT2D eigenvalue weighted by atomic mass is 16.4. The first-order chi connectivity index (χ1) is 11.1. The Morgan fingerprint density at radius 3 is 2.83 bits per heavy atom. The zero-order chi connectivity index (χ0) is 16.8. The van der Waals surface area contributed by atoms with Gasteiger partial charge in [0.1, 0.15) is 12.1 Å². The molecule has 0 aliphatic rings. The molecule has 0 aliphatic heterocycles. The van der Waals surface area contributed by atoms with Crippen LogP contribution >= 0.6 is 0 Å². The van der Waals surface area contributed by atoms with Crippen LogP contribution < -0.4 is 5.32 Å². The van der Waals surface area contributed by atoms with E-state index in [2.05, 4.69) is 15.5 Å². The summed E-state index contributed by atoms with van der Waals surface area (Å²) in [5.74, 6) is 0.236. The highest BCUT2D eigenvalue weighted by molar-refractivity contribution is 6.06. The van der Waals surface area contributed by atoms with Gasteiger partial charge in [-0.05, 0) is 18.4 Å².